The second-order valence-corrected chi connectivity index (χ2v) is 12.6. The molecule has 0 aromatic heterocycles. The van der Waals surface area contributed by atoms with Crippen molar-refractivity contribution in [3.63, 3.8) is 0 Å². The van der Waals surface area contributed by atoms with Gasteiger partial charge >= 0.3 is 5.69 Å². The third-order valence-electron chi connectivity index (χ3n) is 11.2. The number of nitro groups is 1. The zero-order valence-electron chi connectivity index (χ0n) is 22.2. The first-order valence-corrected chi connectivity index (χ1v) is 13.8. The summed E-state index contributed by atoms with van der Waals surface area (Å²) in [5, 5.41) is 28.7. The molecule has 0 aliphatic heterocycles. The molecule has 0 spiro atoms. The Labute approximate surface area is 224 Å². The highest BCUT2D eigenvalue weighted by atomic mass is 19.2. The van der Waals surface area contributed by atoms with Crippen LogP contribution in [-0.2, 0) is 4.79 Å². The van der Waals surface area contributed by atoms with Crippen LogP contribution in [0, 0.1) is 62.1 Å². The molecule has 4 fully saturated rings. The van der Waals surface area contributed by atoms with Gasteiger partial charge < -0.3 is 10.4 Å². The van der Waals surface area contributed by atoms with Gasteiger partial charge in [0.2, 0.25) is 5.82 Å². The molecule has 0 heterocycles. The average molecular weight is 550 g/mol. The first-order chi connectivity index (χ1) is 18.4. The van der Waals surface area contributed by atoms with Crippen molar-refractivity contribution >= 4 is 22.8 Å². The predicted molar refractivity (Wildman–Crippen MR) is 137 cm³/mol. The monoisotopic (exact) mass is 549 g/mol. The van der Waals surface area contributed by atoms with Crippen molar-refractivity contribution < 1.29 is 28.0 Å². The van der Waals surface area contributed by atoms with Crippen LogP contribution < -0.4 is 5.32 Å². The molecule has 1 aromatic rings. The largest absolute Gasteiger partial charge is 0.389 e. The van der Waals surface area contributed by atoms with E-state index in [2.05, 4.69) is 29.2 Å². The number of fused-ring (bicyclic) bond motifs is 5. The van der Waals surface area contributed by atoms with Crippen molar-refractivity contribution in [2.24, 2.45) is 39.6 Å². The van der Waals surface area contributed by atoms with E-state index in [1.165, 1.54) is 0 Å². The van der Waals surface area contributed by atoms with Crippen LogP contribution in [0.25, 0.3) is 10.4 Å². The molecular weight excluding hydrogens is 515 g/mol. The molecule has 212 valence electrons. The number of halogens is 3. The van der Waals surface area contributed by atoms with Gasteiger partial charge in [-0.05, 0) is 91.4 Å². The van der Waals surface area contributed by atoms with E-state index >= 15 is 0 Å². The van der Waals surface area contributed by atoms with Crippen molar-refractivity contribution in [3.8, 4) is 0 Å². The van der Waals surface area contributed by atoms with Gasteiger partial charge in [-0.3, -0.25) is 14.9 Å². The number of carbonyl (C=O) groups is 1. The van der Waals surface area contributed by atoms with Crippen LogP contribution in [0.5, 0.6) is 0 Å². The van der Waals surface area contributed by atoms with E-state index in [0.29, 0.717) is 42.8 Å². The van der Waals surface area contributed by atoms with Crippen LogP contribution in [0.4, 0.5) is 30.2 Å². The number of benzene rings is 1. The van der Waals surface area contributed by atoms with Crippen LogP contribution in [-0.4, -0.2) is 28.0 Å². The molecule has 0 amide bonds. The van der Waals surface area contributed by atoms with Crippen molar-refractivity contribution in [2.75, 3.05) is 11.9 Å². The molecule has 39 heavy (non-hydrogen) atoms. The van der Waals surface area contributed by atoms with Gasteiger partial charge in [0, 0.05) is 24.3 Å². The Kier molecular flexibility index (Phi) is 6.86. The van der Waals surface area contributed by atoms with Crippen molar-refractivity contribution in [2.45, 2.75) is 83.7 Å². The number of nitrogens with one attached hydrogen (secondary N) is 1. The number of carbonyl (C=O) groups excluding carboxylic acids is 1. The Bertz CT molecular complexity index is 1270. The highest BCUT2D eigenvalue weighted by Gasteiger charge is 2.64. The van der Waals surface area contributed by atoms with Crippen LogP contribution in [0.2, 0.25) is 0 Å². The summed E-state index contributed by atoms with van der Waals surface area (Å²) < 4.78 is 43.5. The Balaban J connectivity index is 1.35. The van der Waals surface area contributed by atoms with E-state index < -0.39 is 50.5 Å². The number of hydrogen-bond acceptors (Lipinski definition) is 6. The summed E-state index contributed by atoms with van der Waals surface area (Å²) in [7, 11) is 0. The molecule has 1 aromatic carbocycles. The third kappa shape index (κ3) is 4.09. The van der Waals surface area contributed by atoms with Gasteiger partial charge in [0.15, 0.2) is 17.3 Å². The van der Waals surface area contributed by atoms with Gasteiger partial charge in [0.25, 0.3) is 0 Å². The summed E-state index contributed by atoms with van der Waals surface area (Å²) in [5.41, 5.74) is 3.56. The topological polar surface area (TPSA) is 141 Å². The lowest BCUT2D eigenvalue weighted by Gasteiger charge is -2.61. The van der Waals surface area contributed by atoms with E-state index in [1.54, 1.807) is 0 Å². The molecule has 0 saturated heterocycles. The highest BCUT2D eigenvalue weighted by Crippen LogP contribution is 2.68. The molecule has 12 heteroatoms. The van der Waals surface area contributed by atoms with Gasteiger partial charge in [0.1, 0.15) is 11.5 Å². The molecule has 0 bridgehead atoms. The number of aliphatic hydroxyl groups is 1. The molecular formula is C27H34F3N5O4. The first kappa shape index (κ1) is 27.7. The van der Waals surface area contributed by atoms with Gasteiger partial charge in [-0.1, -0.05) is 19.0 Å². The third-order valence-corrected chi connectivity index (χ3v) is 11.2. The average Bonchev–Trinajstić information content (AvgIpc) is 3.15. The molecule has 7 atom stereocenters. The van der Waals surface area contributed by atoms with Gasteiger partial charge in [-0.2, -0.15) is 4.39 Å². The van der Waals surface area contributed by atoms with E-state index in [4.69, 9.17) is 5.53 Å². The zero-order chi connectivity index (χ0) is 28.3. The van der Waals surface area contributed by atoms with Crippen LogP contribution >= 0.6 is 0 Å². The summed E-state index contributed by atoms with van der Waals surface area (Å²) in [5.74, 6) is -3.41. The Morgan fingerprint density at radius 1 is 1.10 bits per heavy atom. The van der Waals surface area contributed by atoms with E-state index in [9.17, 15) is 33.2 Å². The smallest absolute Gasteiger partial charge is 0.333 e. The van der Waals surface area contributed by atoms with Crippen LogP contribution in [0.15, 0.2) is 5.11 Å². The molecule has 0 radical (unpaired) electrons. The van der Waals surface area contributed by atoms with Crippen molar-refractivity contribution in [1.82, 2.24) is 0 Å². The van der Waals surface area contributed by atoms with E-state index in [0.717, 1.165) is 38.5 Å². The van der Waals surface area contributed by atoms with Gasteiger partial charge in [-0.25, -0.2) is 8.78 Å². The predicted octanol–water partition coefficient (Wildman–Crippen LogP) is 7.10. The standard InChI is InChI=1S/C27H34F3N5O4/c1-25-8-5-15(36)13-14(25)3-4-16-17(25)6-9-26(2)18(16)7-10-27(26,37)11-12-32-23-21(30)22(33-34-31)19(28)20(29)24(23)35(38)39/h14,16-18,32,37H,3-13H2,1-2H3/t14-,16+,17-,18-,25-,26-,27+/m0/s1. The maximum Gasteiger partial charge on any atom is 0.333 e. The SMILES string of the molecule is C[C@]12CCC(=O)C[C@@H]1CC[C@@H]1[C@@H]2CC[C@@]2(C)[C@H]1CC[C@@]2(O)CCNc1c(F)c(N=[N+]=[N-])c(F)c(F)c1[N+](=O)[O-]. The second kappa shape index (κ2) is 9.66. The minimum atomic E-state index is -1.94. The van der Waals surface area contributed by atoms with Crippen LogP contribution in [0.1, 0.15) is 78.1 Å². The van der Waals surface area contributed by atoms with Gasteiger partial charge in [-0.15, -0.1) is 0 Å². The quantitative estimate of drug-likeness (QED) is 0.0972. The molecule has 5 rings (SSSR count). The summed E-state index contributed by atoms with van der Waals surface area (Å²) >= 11 is 0. The van der Waals surface area contributed by atoms with Crippen LogP contribution in [0.3, 0.4) is 0 Å². The summed E-state index contributed by atoms with van der Waals surface area (Å²) in [4.78, 5) is 24.6. The molecule has 4 aliphatic carbocycles. The number of nitrogens with zero attached hydrogens (tertiary/aromatic N) is 4. The maximum absolute atomic E-state index is 14.9. The summed E-state index contributed by atoms with van der Waals surface area (Å²) in [6.07, 6.45) is 7.50. The number of nitro benzene ring substituents is 1. The fourth-order valence-electron chi connectivity index (χ4n) is 9.06. The summed E-state index contributed by atoms with van der Waals surface area (Å²) in [6, 6.07) is 0. The molecule has 0 unspecified atom stereocenters. The molecule has 4 saturated carbocycles. The second-order valence-electron chi connectivity index (χ2n) is 12.6. The lowest BCUT2D eigenvalue weighted by atomic mass is 9.44. The molecule has 9 nitrogen and oxygen atoms in total. The summed E-state index contributed by atoms with van der Waals surface area (Å²) in [6.45, 7) is 4.32. The number of rotatable bonds is 6. The minimum absolute atomic E-state index is 0.123. The number of hydrogen-bond donors (Lipinski definition) is 2. The number of ketones is 1. The minimum Gasteiger partial charge on any atom is -0.389 e. The molecule has 2 N–H and O–H groups in total. The van der Waals surface area contributed by atoms with E-state index in [-0.39, 0.29) is 24.3 Å². The molecule has 4 aliphatic rings. The Hall–Kier alpha value is -2.85. The van der Waals surface area contributed by atoms with Gasteiger partial charge in [0.05, 0.1) is 10.5 Å². The fraction of sp³-hybridized carbons (Fsp3) is 0.741. The number of azide groups is 1. The first-order valence-electron chi connectivity index (χ1n) is 13.8. The van der Waals surface area contributed by atoms with E-state index in [1.807, 2.05) is 0 Å². The number of Topliss-reactive ketones (excluding diaryl/α,β-unsaturated/α-hetero) is 1. The Morgan fingerprint density at radius 3 is 2.51 bits per heavy atom. The normalized spacial score (nSPS) is 37.3. The zero-order valence-corrected chi connectivity index (χ0v) is 22.2. The van der Waals surface area contributed by atoms with Crippen molar-refractivity contribution in [1.29, 1.82) is 0 Å². The Morgan fingerprint density at radius 2 is 1.82 bits per heavy atom. The fourth-order valence-corrected chi connectivity index (χ4v) is 9.06. The number of anilines is 1. The highest BCUT2D eigenvalue weighted by molar-refractivity contribution is 5.79. The lowest BCUT2D eigenvalue weighted by molar-refractivity contribution is -0.387. The maximum atomic E-state index is 14.9. The van der Waals surface area contributed by atoms with Crippen molar-refractivity contribution in [3.05, 3.63) is 38.0 Å². The lowest BCUT2D eigenvalue weighted by Crippen LogP contribution is -2.56.